The van der Waals surface area contributed by atoms with Crippen molar-refractivity contribution >= 4 is 5.95 Å². The highest BCUT2D eigenvalue weighted by molar-refractivity contribution is 5.73. The van der Waals surface area contributed by atoms with Crippen LogP contribution in [0, 0.1) is 11.9 Å². The summed E-state index contributed by atoms with van der Waals surface area (Å²) in [6.45, 7) is 2.65. The zero-order chi connectivity index (χ0) is 19.1. The Morgan fingerprint density at radius 2 is 2.07 bits per heavy atom. The van der Waals surface area contributed by atoms with Crippen LogP contribution in [0.5, 0.6) is 5.75 Å². The fourth-order valence-electron chi connectivity index (χ4n) is 3.70. The fraction of sp³-hybridized carbons (Fsp3) is 0.368. The number of hydrogen-bond acceptors (Lipinski definition) is 7. The van der Waals surface area contributed by atoms with Crippen molar-refractivity contribution in [1.82, 2.24) is 30.7 Å². The lowest BCUT2D eigenvalue weighted by atomic mass is 10.0. The Morgan fingerprint density at radius 1 is 1.18 bits per heavy atom. The summed E-state index contributed by atoms with van der Waals surface area (Å²) >= 11 is 0. The Balaban J connectivity index is 1.36. The van der Waals surface area contributed by atoms with Crippen LogP contribution >= 0.6 is 0 Å². The van der Waals surface area contributed by atoms with Gasteiger partial charge in [0.2, 0.25) is 11.9 Å². The van der Waals surface area contributed by atoms with Gasteiger partial charge >= 0.3 is 0 Å². The minimum Gasteiger partial charge on any atom is -0.507 e. The lowest BCUT2D eigenvalue weighted by molar-refractivity contribution is 0.414. The predicted octanol–water partition coefficient (Wildman–Crippen LogP) is 1.96. The fourth-order valence-corrected chi connectivity index (χ4v) is 3.70. The number of anilines is 1. The number of aromatic amines is 1. The second-order valence-electron chi connectivity index (χ2n) is 7.31. The molecule has 1 atom stereocenters. The van der Waals surface area contributed by atoms with E-state index in [1.54, 1.807) is 18.3 Å². The third-order valence-electron chi connectivity index (χ3n) is 5.41. The molecule has 8 nitrogen and oxygen atoms in total. The van der Waals surface area contributed by atoms with Crippen LogP contribution in [0.3, 0.4) is 0 Å². The van der Waals surface area contributed by atoms with E-state index in [2.05, 4.69) is 35.6 Å². The molecule has 1 aliphatic heterocycles. The van der Waals surface area contributed by atoms with Gasteiger partial charge in [0.15, 0.2) is 0 Å². The van der Waals surface area contributed by atoms with Crippen molar-refractivity contribution < 1.29 is 9.50 Å². The maximum atomic E-state index is 13.6. The quantitative estimate of drug-likeness (QED) is 0.635. The minimum atomic E-state index is -0.613. The van der Waals surface area contributed by atoms with Gasteiger partial charge in [0.1, 0.15) is 11.4 Å². The number of nitrogens with one attached hydrogen (secondary N) is 2. The molecule has 3 aromatic rings. The maximum Gasteiger partial charge on any atom is 0.245 e. The van der Waals surface area contributed by atoms with Crippen LogP contribution < -0.4 is 10.2 Å². The van der Waals surface area contributed by atoms with Gasteiger partial charge in [-0.3, -0.25) is 5.10 Å². The van der Waals surface area contributed by atoms with E-state index in [-0.39, 0.29) is 5.75 Å². The van der Waals surface area contributed by atoms with E-state index < -0.39 is 5.95 Å². The third-order valence-corrected chi connectivity index (χ3v) is 5.41. The molecule has 2 fully saturated rings. The first-order chi connectivity index (χ1) is 13.7. The predicted molar refractivity (Wildman–Crippen MR) is 101 cm³/mol. The maximum absolute atomic E-state index is 13.6. The van der Waals surface area contributed by atoms with E-state index in [9.17, 15) is 9.50 Å². The summed E-state index contributed by atoms with van der Waals surface area (Å²) in [7, 11) is 0. The van der Waals surface area contributed by atoms with Gasteiger partial charge in [-0.25, -0.2) is 4.98 Å². The van der Waals surface area contributed by atoms with E-state index in [1.165, 1.54) is 25.1 Å². The first kappa shape index (κ1) is 17.1. The van der Waals surface area contributed by atoms with Gasteiger partial charge in [-0.1, -0.05) is 6.07 Å². The number of hydrogen-bond donors (Lipinski definition) is 3. The number of phenols is 1. The zero-order valence-electron chi connectivity index (χ0n) is 15.1. The van der Waals surface area contributed by atoms with Crippen LogP contribution in [-0.4, -0.2) is 56.2 Å². The largest absolute Gasteiger partial charge is 0.507 e. The number of rotatable bonds is 4. The summed E-state index contributed by atoms with van der Waals surface area (Å²) in [5.41, 5.74) is 1.78. The number of aromatic hydroxyl groups is 1. The lowest BCUT2D eigenvalue weighted by Crippen LogP contribution is -2.52. The Bertz CT molecular complexity index is 986. The molecule has 0 amide bonds. The Morgan fingerprint density at radius 3 is 2.75 bits per heavy atom. The molecule has 0 radical (unpaired) electrons. The molecule has 0 bridgehead atoms. The Labute approximate surface area is 160 Å². The number of benzene rings is 1. The molecule has 3 heterocycles. The van der Waals surface area contributed by atoms with Crippen molar-refractivity contribution in [3.63, 3.8) is 0 Å². The number of piperazine rings is 1. The van der Waals surface area contributed by atoms with E-state index in [4.69, 9.17) is 0 Å². The van der Waals surface area contributed by atoms with Crippen LogP contribution in [0.1, 0.15) is 12.8 Å². The van der Waals surface area contributed by atoms with Gasteiger partial charge in [-0.15, -0.1) is 15.3 Å². The SMILES string of the molecule is Oc1cc(-c2c[nH]nc2F)ccc1-c1cnc(N2CCN[C@@H](C3CC3)C2)nn1. The molecule has 144 valence electrons. The number of nitrogens with zero attached hydrogens (tertiary/aromatic N) is 5. The van der Waals surface area contributed by atoms with Crippen molar-refractivity contribution in [3.8, 4) is 28.1 Å². The standard InChI is InChI=1S/C19H20FN7O/c20-18-14(8-23-25-18)12-3-4-13(17(28)7-12)15-9-22-19(26-24-15)27-6-5-21-16(10-27)11-1-2-11/h3-4,7-9,11,16,21,28H,1-2,5-6,10H2,(H,23,25)/t16-/m1/s1. The van der Waals surface area contributed by atoms with Crippen molar-refractivity contribution in [2.45, 2.75) is 18.9 Å². The van der Waals surface area contributed by atoms with Gasteiger partial charge in [-0.05, 0) is 36.5 Å². The van der Waals surface area contributed by atoms with Crippen molar-refractivity contribution in [1.29, 1.82) is 0 Å². The van der Waals surface area contributed by atoms with Crippen molar-refractivity contribution in [3.05, 3.63) is 36.5 Å². The number of aromatic nitrogens is 5. The molecule has 1 aromatic carbocycles. The monoisotopic (exact) mass is 381 g/mol. The first-order valence-corrected chi connectivity index (χ1v) is 9.40. The first-order valence-electron chi connectivity index (χ1n) is 9.40. The molecule has 5 rings (SSSR count). The molecule has 9 heteroatoms. The Kier molecular flexibility index (Phi) is 4.16. The van der Waals surface area contributed by atoms with Gasteiger partial charge in [0, 0.05) is 37.4 Å². The van der Waals surface area contributed by atoms with Crippen LogP contribution in [0.25, 0.3) is 22.4 Å². The number of H-pyrrole nitrogens is 1. The van der Waals surface area contributed by atoms with Gasteiger partial charge in [0.05, 0.1) is 11.8 Å². The average Bonchev–Trinajstić information content (AvgIpc) is 3.49. The molecule has 2 aliphatic rings. The highest BCUT2D eigenvalue weighted by Crippen LogP contribution is 2.35. The number of halogens is 1. The second kappa shape index (κ2) is 6.83. The summed E-state index contributed by atoms with van der Waals surface area (Å²) in [5.74, 6) is 0.745. The Hall–Kier alpha value is -3.07. The van der Waals surface area contributed by atoms with Crippen LogP contribution in [0.4, 0.5) is 10.3 Å². The molecule has 1 saturated carbocycles. The summed E-state index contributed by atoms with van der Waals surface area (Å²) in [6.07, 6.45) is 5.65. The smallest absolute Gasteiger partial charge is 0.245 e. The molecule has 1 aliphatic carbocycles. The summed E-state index contributed by atoms with van der Waals surface area (Å²) in [4.78, 5) is 6.61. The summed E-state index contributed by atoms with van der Waals surface area (Å²) in [6, 6.07) is 5.36. The zero-order valence-corrected chi connectivity index (χ0v) is 15.1. The molecule has 0 unspecified atom stereocenters. The summed E-state index contributed by atoms with van der Waals surface area (Å²) < 4.78 is 13.6. The number of phenolic OH excluding ortho intramolecular Hbond substituents is 1. The van der Waals surface area contributed by atoms with Crippen LogP contribution in [0.15, 0.2) is 30.6 Å². The highest BCUT2D eigenvalue weighted by Gasteiger charge is 2.34. The molecule has 3 N–H and O–H groups in total. The molecule has 28 heavy (non-hydrogen) atoms. The molecular weight excluding hydrogens is 361 g/mol. The van der Waals surface area contributed by atoms with Crippen molar-refractivity contribution in [2.24, 2.45) is 5.92 Å². The summed E-state index contributed by atoms with van der Waals surface area (Å²) in [5, 5.41) is 28.4. The third kappa shape index (κ3) is 3.18. The highest BCUT2D eigenvalue weighted by atomic mass is 19.1. The van der Waals surface area contributed by atoms with Gasteiger partial charge < -0.3 is 15.3 Å². The average molecular weight is 381 g/mol. The van der Waals surface area contributed by atoms with E-state index in [0.29, 0.717) is 34.4 Å². The minimum absolute atomic E-state index is 0.0158. The van der Waals surface area contributed by atoms with Gasteiger partial charge in [-0.2, -0.15) is 4.39 Å². The van der Waals surface area contributed by atoms with Crippen molar-refractivity contribution in [2.75, 3.05) is 24.5 Å². The lowest BCUT2D eigenvalue weighted by Gasteiger charge is -2.33. The normalized spacial score (nSPS) is 19.8. The molecule has 0 spiro atoms. The topological polar surface area (TPSA) is 103 Å². The second-order valence-corrected chi connectivity index (χ2v) is 7.31. The molecular formula is C19H20FN7O. The van der Waals surface area contributed by atoms with E-state index in [1.807, 2.05) is 0 Å². The van der Waals surface area contributed by atoms with E-state index in [0.717, 1.165) is 25.6 Å². The van der Waals surface area contributed by atoms with Crippen LogP contribution in [0.2, 0.25) is 0 Å². The van der Waals surface area contributed by atoms with E-state index >= 15 is 0 Å². The van der Waals surface area contributed by atoms with Gasteiger partial charge in [0.25, 0.3) is 0 Å². The van der Waals surface area contributed by atoms with Crippen LogP contribution in [-0.2, 0) is 0 Å². The molecule has 2 aromatic heterocycles. The molecule has 1 saturated heterocycles.